The molecule has 174 valence electrons. The van der Waals surface area contributed by atoms with E-state index in [1.807, 2.05) is 0 Å². The van der Waals surface area contributed by atoms with Gasteiger partial charge in [-0.1, -0.05) is 12.1 Å². The van der Waals surface area contributed by atoms with E-state index in [0.717, 1.165) is 0 Å². The van der Waals surface area contributed by atoms with Gasteiger partial charge in [-0.2, -0.15) is 0 Å². The van der Waals surface area contributed by atoms with E-state index in [1.54, 1.807) is 12.1 Å². The third kappa shape index (κ3) is 4.82. The van der Waals surface area contributed by atoms with Crippen LogP contribution in [0.15, 0.2) is 24.3 Å². The molecule has 0 amide bonds. The lowest BCUT2D eigenvalue weighted by atomic mass is 9.99. The maximum atomic E-state index is 11.9. The fourth-order valence-corrected chi connectivity index (χ4v) is 3.25. The number of carbonyl (C=O) groups excluding carboxylic acids is 1. The van der Waals surface area contributed by atoms with Crippen LogP contribution in [-0.4, -0.2) is 112 Å². The zero-order valence-electron chi connectivity index (χ0n) is 16.6. The molecule has 1 aromatic rings. The standard InChI is InChI=1S/C19H26O12/c1-27-16(25)9-4-2-3-5-10(9)30-17-14(23)13(22)12(21)11(31-17)6-28-18-15(24)19(26,7-20)8-29-18/h2-5,11-15,17-18,20-24,26H,6-8H2,1H3. The molecule has 2 aliphatic rings. The van der Waals surface area contributed by atoms with Gasteiger partial charge in [-0.05, 0) is 12.1 Å². The van der Waals surface area contributed by atoms with Gasteiger partial charge in [0.25, 0.3) is 0 Å². The lowest BCUT2D eigenvalue weighted by molar-refractivity contribution is -0.289. The molecule has 6 N–H and O–H groups in total. The highest BCUT2D eigenvalue weighted by Gasteiger charge is 2.50. The summed E-state index contributed by atoms with van der Waals surface area (Å²) in [4.78, 5) is 11.9. The molecule has 0 spiro atoms. The molecule has 2 saturated heterocycles. The average molecular weight is 446 g/mol. The summed E-state index contributed by atoms with van der Waals surface area (Å²) in [7, 11) is 1.19. The van der Waals surface area contributed by atoms with E-state index in [1.165, 1.54) is 19.2 Å². The molecule has 2 fully saturated rings. The topological polar surface area (TPSA) is 185 Å². The van der Waals surface area contributed by atoms with E-state index in [2.05, 4.69) is 4.74 Å². The largest absolute Gasteiger partial charge is 0.465 e. The van der Waals surface area contributed by atoms with Crippen LogP contribution in [0.1, 0.15) is 10.4 Å². The van der Waals surface area contributed by atoms with Crippen molar-refractivity contribution in [2.45, 2.75) is 48.7 Å². The molecule has 2 aliphatic heterocycles. The first-order valence-corrected chi connectivity index (χ1v) is 9.50. The Hall–Kier alpha value is -1.87. The van der Waals surface area contributed by atoms with E-state index in [4.69, 9.17) is 24.1 Å². The number of carbonyl (C=O) groups is 1. The predicted octanol–water partition coefficient (Wildman–Crippen LogP) is -2.88. The molecule has 0 aromatic heterocycles. The van der Waals surface area contributed by atoms with Crippen molar-refractivity contribution in [2.75, 3.05) is 26.9 Å². The van der Waals surface area contributed by atoms with Crippen LogP contribution >= 0.6 is 0 Å². The van der Waals surface area contributed by atoms with Crippen LogP contribution in [0, 0.1) is 0 Å². The summed E-state index contributed by atoms with van der Waals surface area (Å²) in [6.07, 6.45) is -10.5. The third-order valence-corrected chi connectivity index (χ3v) is 5.21. The summed E-state index contributed by atoms with van der Waals surface area (Å²) in [5.74, 6) is -0.672. The molecule has 0 radical (unpaired) electrons. The first kappa shape index (κ1) is 23.8. The predicted molar refractivity (Wildman–Crippen MR) is 98.8 cm³/mol. The van der Waals surface area contributed by atoms with Gasteiger partial charge in [0.15, 0.2) is 6.29 Å². The molecular weight excluding hydrogens is 420 g/mol. The monoisotopic (exact) mass is 446 g/mol. The second-order valence-corrected chi connectivity index (χ2v) is 7.34. The Labute approximate surface area is 177 Å². The molecule has 0 aliphatic carbocycles. The van der Waals surface area contributed by atoms with Crippen molar-refractivity contribution in [2.24, 2.45) is 0 Å². The number of para-hydroxylation sites is 1. The first-order chi connectivity index (χ1) is 14.7. The summed E-state index contributed by atoms with van der Waals surface area (Å²) in [6.45, 7) is -1.55. The summed E-state index contributed by atoms with van der Waals surface area (Å²) in [6, 6.07) is 6.02. The van der Waals surface area contributed by atoms with Crippen molar-refractivity contribution >= 4 is 5.97 Å². The van der Waals surface area contributed by atoms with Crippen LogP contribution in [-0.2, 0) is 18.9 Å². The molecule has 1 aromatic carbocycles. The molecule has 8 unspecified atom stereocenters. The van der Waals surface area contributed by atoms with Crippen molar-refractivity contribution in [1.29, 1.82) is 0 Å². The molecule has 12 heteroatoms. The molecule has 0 bridgehead atoms. The normalized spacial score (nSPS) is 38.1. The Morgan fingerprint density at radius 1 is 1.13 bits per heavy atom. The Balaban J connectivity index is 1.68. The zero-order valence-corrected chi connectivity index (χ0v) is 16.6. The van der Waals surface area contributed by atoms with Crippen molar-refractivity contribution < 1.29 is 59.1 Å². The molecule has 2 heterocycles. The van der Waals surface area contributed by atoms with Crippen molar-refractivity contribution in [3.63, 3.8) is 0 Å². The molecule has 3 rings (SSSR count). The highest BCUT2D eigenvalue weighted by molar-refractivity contribution is 5.92. The summed E-state index contributed by atoms with van der Waals surface area (Å²) in [5, 5.41) is 59.9. The van der Waals surface area contributed by atoms with E-state index in [0.29, 0.717) is 0 Å². The maximum Gasteiger partial charge on any atom is 0.341 e. The highest BCUT2D eigenvalue weighted by Crippen LogP contribution is 2.29. The van der Waals surface area contributed by atoms with Crippen LogP contribution in [0.5, 0.6) is 5.75 Å². The van der Waals surface area contributed by atoms with Gasteiger partial charge in [-0.3, -0.25) is 0 Å². The quantitative estimate of drug-likeness (QED) is 0.235. The maximum absolute atomic E-state index is 11.9. The molecule has 12 nitrogen and oxygen atoms in total. The van der Waals surface area contributed by atoms with E-state index in [-0.39, 0.29) is 17.9 Å². The minimum atomic E-state index is -1.89. The minimum absolute atomic E-state index is 0.0178. The minimum Gasteiger partial charge on any atom is -0.465 e. The Kier molecular flexibility index (Phi) is 7.47. The highest BCUT2D eigenvalue weighted by atomic mass is 16.7. The average Bonchev–Trinajstić information content (AvgIpc) is 3.07. The van der Waals surface area contributed by atoms with Gasteiger partial charge >= 0.3 is 5.97 Å². The van der Waals surface area contributed by atoms with Crippen LogP contribution < -0.4 is 4.74 Å². The van der Waals surface area contributed by atoms with Gasteiger partial charge in [0.1, 0.15) is 47.4 Å². The number of rotatable bonds is 7. The second-order valence-electron chi connectivity index (χ2n) is 7.34. The molecule has 31 heavy (non-hydrogen) atoms. The van der Waals surface area contributed by atoms with Gasteiger partial charge in [0, 0.05) is 0 Å². The van der Waals surface area contributed by atoms with Crippen LogP contribution in [0.4, 0.5) is 0 Å². The third-order valence-electron chi connectivity index (χ3n) is 5.21. The van der Waals surface area contributed by atoms with Gasteiger partial charge in [-0.15, -0.1) is 0 Å². The van der Waals surface area contributed by atoms with Gasteiger partial charge in [0.05, 0.1) is 26.9 Å². The lowest BCUT2D eigenvalue weighted by Gasteiger charge is -2.40. The fraction of sp³-hybridized carbons (Fsp3) is 0.632. The van der Waals surface area contributed by atoms with Crippen LogP contribution in [0.3, 0.4) is 0 Å². The number of aliphatic hydroxyl groups excluding tert-OH is 5. The number of aliphatic hydroxyl groups is 6. The van der Waals surface area contributed by atoms with Crippen LogP contribution in [0.2, 0.25) is 0 Å². The first-order valence-electron chi connectivity index (χ1n) is 9.50. The van der Waals surface area contributed by atoms with Crippen LogP contribution in [0.25, 0.3) is 0 Å². The number of methoxy groups -OCH3 is 1. The SMILES string of the molecule is COC(=O)c1ccccc1OC1OC(COC2OCC(O)(CO)C2O)C(O)C(O)C1O. The van der Waals surface area contributed by atoms with E-state index < -0.39 is 67.9 Å². The van der Waals surface area contributed by atoms with E-state index >= 15 is 0 Å². The number of hydrogen-bond donors (Lipinski definition) is 6. The van der Waals surface area contributed by atoms with E-state index in [9.17, 15) is 30.3 Å². The summed E-state index contributed by atoms with van der Waals surface area (Å²) < 4.78 is 26.2. The molecule has 0 saturated carbocycles. The summed E-state index contributed by atoms with van der Waals surface area (Å²) >= 11 is 0. The van der Waals surface area contributed by atoms with Crippen molar-refractivity contribution in [3.8, 4) is 5.75 Å². The number of esters is 1. The van der Waals surface area contributed by atoms with Crippen molar-refractivity contribution in [1.82, 2.24) is 0 Å². The van der Waals surface area contributed by atoms with Crippen molar-refractivity contribution in [3.05, 3.63) is 29.8 Å². The Morgan fingerprint density at radius 3 is 2.48 bits per heavy atom. The number of benzene rings is 1. The lowest BCUT2D eigenvalue weighted by Crippen LogP contribution is -2.60. The van der Waals surface area contributed by atoms with Gasteiger partial charge < -0.3 is 54.3 Å². The zero-order chi connectivity index (χ0) is 22.8. The second kappa shape index (κ2) is 9.73. The van der Waals surface area contributed by atoms with Gasteiger partial charge in [0.2, 0.25) is 6.29 Å². The summed E-state index contributed by atoms with van der Waals surface area (Å²) in [5.41, 5.74) is -1.84. The fourth-order valence-electron chi connectivity index (χ4n) is 3.25. The molecular formula is C19H26O12. The Morgan fingerprint density at radius 2 is 1.84 bits per heavy atom. The number of ether oxygens (including phenoxy) is 5. The van der Waals surface area contributed by atoms with Gasteiger partial charge in [-0.25, -0.2) is 4.79 Å². The number of hydrogen-bond acceptors (Lipinski definition) is 12. The molecule has 8 atom stereocenters. The smallest absolute Gasteiger partial charge is 0.341 e. The Bertz CT molecular complexity index is 759.